The van der Waals surface area contributed by atoms with Crippen LogP contribution in [0.15, 0.2) is 30.6 Å². The first-order chi connectivity index (χ1) is 10.3. The molecule has 4 rings (SSSR count). The monoisotopic (exact) mass is 335 g/mol. The molecule has 0 saturated heterocycles. The van der Waals surface area contributed by atoms with Gasteiger partial charge in [0, 0.05) is 6.20 Å². The average molecular weight is 336 g/mol. The maximum Gasteiger partial charge on any atom is 0.130 e. The van der Waals surface area contributed by atoms with Gasteiger partial charge in [-0.2, -0.15) is 8.75 Å². The topological polar surface area (TPSA) is 56.5 Å². The summed E-state index contributed by atoms with van der Waals surface area (Å²) in [5.41, 5.74) is 3.96. The number of halogens is 2. The number of aromatic nitrogens is 5. The summed E-state index contributed by atoms with van der Waals surface area (Å²) in [7, 11) is 0. The smallest absolute Gasteiger partial charge is 0.130 e. The van der Waals surface area contributed by atoms with Gasteiger partial charge in [-0.1, -0.05) is 11.6 Å². The molecule has 0 saturated carbocycles. The number of hydrogen-bond donors (Lipinski definition) is 0. The predicted octanol–water partition coefficient (Wildman–Crippen LogP) is 3.82. The lowest BCUT2D eigenvalue weighted by atomic mass is 10.2. The number of fused-ring (bicyclic) bond motifs is 2. The van der Waals surface area contributed by atoms with E-state index in [1.807, 2.05) is 22.8 Å². The van der Waals surface area contributed by atoms with Gasteiger partial charge in [-0.05, 0) is 18.2 Å². The standard InChI is InChI=1S/C13H7Cl2N5S/c14-5-11-17-9-6-16-4-3-10(9)20(11)13-7(15)1-2-8-12(13)19-21-18-8/h1-4,6H,5H2. The molecule has 4 aromatic rings. The van der Waals surface area contributed by atoms with Crippen molar-refractivity contribution in [2.75, 3.05) is 0 Å². The molecule has 104 valence electrons. The van der Waals surface area contributed by atoms with Gasteiger partial charge in [0.15, 0.2) is 0 Å². The molecule has 0 fully saturated rings. The summed E-state index contributed by atoms with van der Waals surface area (Å²) in [6.45, 7) is 0. The molecule has 0 unspecified atom stereocenters. The van der Waals surface area contributed by atoms with Crippen molar-refractivity contribution in [3.8, 4) is 5.69 Å². The molecular formula is C13H7Cl2N5S. The van der Waals surface area contributed by atoms with E-state index in [-0.39, 0.29) is 5.88 Å². The molecule has 5 nitrogen and oxygen atoms in total. The van der Waals surface area contributed by atoms with Gasteiger partial charge in [0.05, 0.1) is 40.0 Å². The first-order valence-corrected chi connectivity index (χ1v) is 7.72. The lowest BCUT2D eigenvalue weighted by Gasteiger charge is -2.10. The minimum absolute atomic E-state index is 0.263. The Bertz CT molecular complexity index is 962. The van der Waals surface area contributed by atoms with Gasteiger partial charge in [-0.25, -0.2) is 4.98 Å². The Morgan fingerprint density at radius 2 is 2.05 bits per heavy atom. The van der Waals surface area contributed by atoms with Crippen LogP contribution < -0.4 is 0 Å². The maximum absolute atomic E-state index is 6.41. The van der Waals surface area contributed by atoms with E-state index in [9.17, 15) is 0 Å². The fraction of sp³-hybridized carbons (Fsp3) is 0.0769. The van der Waals surface area contributed by atoms with Crippen LogP contribution in [-0.2, 0) is 5.88 Å². The van der Waals surface area contributed by atoms with Gasteiger partial charge in [-0.3, -0.25) is 9.55 Å². The van der Waals surface area contributed by atoms with E-state index >= 15 is 0 Å². The summed E-state index contributed by atoms with van der Waals surface area (Å²) < 4.78 is 10.5. The normalized spacial score (nSPS) is 11.5. The van der Waals surface area contributed by atoms with Crippen molar-refractivity contribution in [1.82, 2.24) is 23.3 Å². The van der Waals surface area contributed by atoms with Crippen LogP contribution in [0.2, 0.25) is 5.02 Å². The number of rotatable bonds is 2. The molecule has 3 aromatic heterocycles. The van der Waals surface area contributed by atoms with Crippen molar-refractivity contribution >= 4 is 57.0 Å². The average Bonchev–Trinajstić information content (AvgIpc) is 3.11. The minimum atomic E-state index is 0.263. The van der Waals surface area contributed by atoms with Crippen LogP contribution in [0.3, 0.4) is 0 Å². The van der Waals surface area contributed by atoms with E-state index in [4.69, 9.17) is 23.2 Å². The van der Waals surface area contributed by atoms with Crippen LogP contribution in [0.4, 0.5) is 0 Å². The molecule has 21 heavy (non-hydrogen) atoms. The lowest BCUT2D eigenvalue weighted by Crippen LogP contribution is -2.01. The van der Waals surface area contributed by atoms with E-state index in [1.54, 1.807) is 12.4 Å². The van der Waals surface area contributed by atoms with Crippen LogP contribution >= 0.6 is 34.9 Å². The third-order valence-corrected chi connectivity index (χ3v) is 4.31. The fourth-order valence-corrected chi connectivity index (χ4v) is 3.30. The van der Waals surface area contributed by atoms with Gasteiger partial charge < -0.3 is 0 Å². The molecule has 8 heteroatoms. The van der Waals surface area contributed by atoms with Crippen molar-refractivity contribution in [3.05, 3.63) is 41.4 Å². The molecule has 3 heterocycles. The van der Waals surface area contributed by atoms with E-state index in [2.05, 4.69) is 18.7 Å². The molecule has 0 amide bonds. The van der Waals surface area contributed by atoms with E-state index in [0.717, 1.165) is 39.5 Å². The highest BCUT2D eigenvalue weighted by Crippen LogP contribution is 2.32. The predicted molar refractivity (Wildman–Crippen MR) is 84.4 cm³/mol. The Balaban J connectivity index is 2.18. The second-order valence-corrected chi connectivity index (χ2v) is 5.59. The van der Waals surface area contributed by atoms with Gasteiger partial charge in [-0.15, -0.1) is 11.6 Å². The first-order valence-electron chi connectivity index (χ1n) is 6.08. The first kappa shape index (κ1) is 12.9. The summed E-state index contributed by atoms with van der Waals surface area (Å²) in [6.07, 6.45) is 3.42. The number of benzene rings is 1. The summed E-state index contributed by atoms with van der Waals surface area (Å²) in [5.74, 6) is 0.959. The zero-order valence-corrected chi connectivity index (χ0v) is 12.8. The fourth-order valence-electron chi connectivity index (χ4n) is 2.35. The highest BCUT2D eigenvalue weighted by molar-refractivity contribution is 7.00. The largest absolute Gasteiger partial charge is 0.291 e. The summed E-state index contributed by atoms with van der Waals surface area (Å²) in [5, 5.41) is 0.581. The molecule has 0 aliphatic rings. The van der Waals surface area contributed by atoms with Crippen LogP contribution in [0, 0.1) is 0 Å². The Morgan fingerprint density at radius 3 is 2.90 bits per heavy atom. The van der Waals surface area contributed by atoms with E-state index in [1.165, 1.54) is 0 Å². The molecule has 1 aromatic carbocycles. The Kier molecular flexibility index (Phi) is 3.02. The SMILES string of the molecule is ClCc1nc2cnccc2n1-c1c(Cl)ccc2nsnc12. The minimum Gasteiger partial charge on any atom is -0.291 e. The van der Waals surface area contributed by atoms with Gasteiger partial charge in [0.25, 0.3) is 0 Å². The van der Waals surface area contributed by atoms with Gasteiger partial charge in [0.1, 0.15) is 22.4 Å². The molecule has 0 bridgehead atoms. The molecule has 0 aliphatic heterocycles. The molecule has 0 radical (unpaired) electrons. The highest BCUT2D eigenvalue weighted by Gasteiger charge is 2.18. The van der Waals surface area contributed by atoms with Crippen LogP contribution in [0.25, 0.3) is 27.8 Å². The second kappa shape index (κ2) is 4.91. The van der Waals surface area contributed by atoms with Crippen molar-refractivity contribution in [2.24, 2.45) is 0 Å². The van der Waals surface area contributed by atoms with Crippen molar-refractivity contribution in [3.63, 3.8) is 0 Å². The Labute approximate surface area is 133 Å². The zero-order valence-electron chi connectivity index (χ0n) is 10.5. The van der Waals surface area contributed by atoms with Crippen molar-refractivity contribution in [2.45, 2.75) is 5.88 Å². The highest BCUT2D eigenvalue weighted by atomic mass is 35.5. The van der Waals surface area contributed by atoms with Crippen molar-refractivity contribution in [1.29, 1.82) is 0 Å². The van der Waals surface area contributed by atoms with E-state index < -0.39 is 0 Å². The summed E-state index contributed by atoms with van der Waals surface area (Å²) >= 11 is 13.6. The zero-order chi connectivity index (χ0) is 14.4. The Morgan fingerprint density at radius 1 is 1.14 bits per heavy atom. The van der Waals surface area contributed by atoms with Crippen LogP contribution in [0.5, 0.6) is 0 Å². The molecular weight excluding hydrogens is 329 g/mol. The Hall–Kier alpha value is -1.76. The second-order valence-electron chi connectivity index (χ2n) is 4.39. The molecule has 0 atom stereocenters. The van der Waals surface area contributed by atoms with Crippen LogP contribution in [-0.4, -0.2) is 23.3 Å². The third-order valence-electron chi connectivity index (χ3n) is 3.22. The van der Waals surface area contributed by atoms with Gasteiger partial charge in [0.2, 0.25) is 0 Å². The number of pyridine rings is 1. The molecule has 0 spiro atoms. The number of imidazole rings is 1. The molecule has 0 aliphatic carbocycles. The van der Waals surface area contributed by atoms with Gasteiger partial charge >= 0.3 is 0 Å². The van der Waals surface area contributed by atoms with Crippen LogP contribution in [0.1, 0.15) is 5.82 Å². The third kappa shape index (κ3) is 1.91. The number of hydrogen-bond acceptors (Lipinski definition) is 5. The van der Waals surface area contributed by atoms with Crippen molar-refractivity contribution < 1.29 is 0 Å². The summed E-state index contributed by atoms with van der Waals surface area (Å²) in [6, 6.07) is 5.55. The summed E-state index contributed by atoms with van der Waals surface area (Å²) in [4.78, 5) is 8.60. The maximum atomic E-state index is 6.41. The number of nitrogens with zero attached hydrogens (tertiary/aromatic N) is 5. The quantitative estimate of drug-likeness (QED) is 0.522. The molecule has 0 N–H and O–H groups in total. The lowest BCUT2D eigenvalue weighted by molar-refractivity contribution is 0.987. The number of alkyl halides is 1. The van der Waals surface area contributed by atoms with E-state index in [0.29, 0.717) is 10.8 Å².